The molecule has 0 amide bonds. The molecule has 9 heteroatoms. The second kappa shape index (κ2) is 5.99. The Balaban J connectivity index is 2.05. The first-order valence-electron chi connectivity index (χ1n) is 7.46. The number of hydrogen-bond donors (Lipinski definition) is 2. The number of aromatic nitrogens is 4. The van der Waals surface area contributed by atoms with Gasteiger partial charge in [-0.15, -0.1) is 18.3 Å². The fourth-order valence-electron chi connectivity index (χ4n) is 2.62. The van der Waals surface area contributed by atoms with Crippen molar-refractivity contribution < 1.29 is 23.0 Å². The topological polar surface area (TPSA) is 83.9 Å². The Bertz CT molecular complexity index is 881. The molecule has 25 heavy (non-hydrogen) atoms. The average Bonchev–Trinajstić information content (AvgIpc) is 3.06. The van der Waals surface area contributed by atoms with E-state index in [9.17, 15) is 18.3 Å². The number of aromatic amines is 1. The number of pyridine rings is 1. The first kappa shape index (κ1) is 17.2. The van der Waals surface area contributed by atoms with Gasteiger partial charge in [0.05, 0.1) is 11.2 Å². The summed E-state index contributed by atoms with van der Waals surface area (Å²) in [4.78, 5) is 4.39. The van der Waals surface area contributed by atoms with E-state index in [4.69, 9.17) is 0 Å². The highest BCUT2D eigenvalue weighted by atomic mass is 19.4. The molecule has 3 aromatic rings. The largest absolute Gasteiger partial charge is 0.573 e. The van der Waals surface area contributed by atoms with Gasteiger partial charge in [-0.2, -0.15) is 0 Å². The molecule has 132 valence electrons. The van der Waals surface area contributed by atoms with Gasteiger partial charge < -0.3 is 9.84 Å². The van der Waals surface area contributed by atoms with E-state index >= 15 is 0 Å². The molecule has 3 rings (SSSR count). The van der Waals surface area contributed by atoms with E-state index in [0.29, 0.717) is 22.3 Å². The van der Waals surface area contributed by atoms with E-state index < -0.39 is 12.0 Å². The zero-order valence-corrected chi connectivity index (χ0v) is 13.4. The number of fused-ring (bicyclic) bond motifs is 1. The third-order valence-electron chi connectivity index (χ3n) is 3.93. The van der Waals surface area contributed by atoms with Gasteiger partial charge in [-0.05, 0) is 30.2 Å². The Hall–Kier alpha value is -2.68. The molecule has 0 aliphatic rings. The Morgan fingerprint density at radius 2 is 1.88 bits per heavy atom. The van der Waals surface area contributed by atoms with Crippen molar-refractivity contribution in [3.8, 4) is 5.75 Å². The van der Waals surface area contributed by atoms with E-state index in [-0.39, 0.29) is 11.7 Å². The summed E-state index contributed by atoms with van der Waals surface area (Å²) >= 11 is 0. The SMILES string of the molecule is CC(C)C(O)(c1c[nH]nn1)c1ccc2cc(OC(F)(F)F)ccc2n1. The number of hydrogen-bond acceptors (Lipinski definition) is 5. The molecule has 0 aliphatic heterocycles. The smallest absolute Gasteiger partial charge is 0.406 e. The van der Waals surface area contributed by atoms with Gasteiger partial charge in [-0.1, -0.05) is 25.1 Å². The van der Waals surface area contributed by atoms with E-state index in [2.05, 4.69) is 25.1 Å². The highest BCUT2D eigenvalue weighted by Crippen LogP contribution is 2.35. The number of nitrogens with zero attached hydrogens (tertiary/aromatic N) is 3. The highest BCUT2D eigenvalue weighted by molar-refractivity contribution is 5.80. The van der Waals surface area contributed by atoms with Gasteiger partial charge in [0.15, 0.2) is 5.60 Å². The Morgan fingerprint density at radius 1 is 1.12 bits per heavy atom. The maximum absolute atomic E-state index is 12.3. The zero-order valence-electron chi connectivity index (χ0n) is 13.4. The zero-order chi connectivity index (χ0) is 18.2. The molecule has 2 heterocycles. The van der Waals surface area contributed by atoms with Gasteiger partial charge in [0.2, 0.25) is 0 Å². The molecule has 1 aromatic carbocycles. The lowest BCUT2D eigenvalue weighted by atomic mass is 9.84. The van der Waals surface area contributed by atoms with Crippen molar-refractivity contribution in [2.45, 2.75) is 25.8 Å². The minimum absolute atomic E-state index is 0.268. The number of alkyl halides is 3. The van der Waals surface area contributed by atoms with Crippen molar-refractivity contribution in [1.82, 2.24) is 20.4 Å². The number of H-pyrrole nitrogens is 1. The predicted molar refractivity (Wildman–Crippen MR) is 82.6 cm³/mol. The van der Waals surface area contributed by atoms with E-state index in [1.807, 2.05) is 0 Å². The van der Waals surface area contributed by atoms with Crippen LogP contribution in [0.4, 0.5) is 13.2 Å². The van der Waals surface area contributed by atoms with Crippen molar-refractivity contribution in [2.24, 2.45) is 5.92 Å². The maximum atomic E-state index is 12.3. The summed E-state index contributed by atoms with van der Waals surface area (Å²) in [5.74, 6) is -0.597. The molecule has 2 aromatic heterocycles. The van der Waals surface area contributed by atoms with Gasteiger partial charge in [0.25, 0.3) is 0 Å². The molecule has 0 fully saturated rings. The molecule has 6 nitrogen and oxygen atoms in total. The third-order valence-corrected chi connectivity index (χ3v) is 3.93. The third kappa shape index (κ3) is 3.27. The summed E-state index contributed by atoms with van der Waals surface area (Å²) in [6.07, 6.45) is -3.28. The summed E-state index contributed by atoms with van der Waals surface area (Å²) in [5.41, 5.74) is -0.420. The van der Waals surface area contributed by atoms with Crippen molar-refractivity contribution in [2.75, 3.05) is 0 Å². The number of aliphatic hydroxyl groups is 1. The van der Waals surface area contributed by atoms with E-state index in [1.54, 1.807) is 26.0 Å². The molecule has 0 spiro atoms. The number of rotatable bonds is 4. The quantitative estimate of drug-likeness (QED) is 0.754. The lowest BCUT2D eigenvalue weighted by Crippen LogP contribution is -2.35. The highest BCUT2D eigenvalue weighted by Gasteiger charge is 2.39. The molecule has 0 saturated carbocycles. The van der Waals surface area contributed by atoms with Gasteiger partial charge in [0.1, 0.15) is 11.4 Å². The number of nitrogens with one attached hydrogen (secondary N) is 1. The molecule has 1 unspecified atom stereocenters. The van der Waals surface area contributed by atoms with E-state index in [1.165, 1.54) is 24.4 Å². The van der Waals surface area contributed by atoms with Crippen LogP contribution < -0.4 is 4.74 Å². The second-order valence-electron chi connectivity index (χ2n) is 5.88. The lowest BCUT2D eigenvalue weighted by Gasteiger charge is -2.29. The summed E-state index contributed by atoms with van der Waals surface area (Å²) in [6.45, 7) is 3.61. The maximum Gasteiger partial charge on any atom is 0.573 e. The fourth-order valence-corrected chi connectivity index (χ4v) is 2.62. The summed E-state index contributed by atoms with van der Waals surface area (Å²) in [7, 11) is 0. The van der Waals surface area contributed by atoms with Crippen LogP contribution in [0.3, 0.4) is 0 Å². The minimum Gasteiger partial charge on any atom is -0.406 e. The minimum atomic E-state index is -4.76. The van der Waals surface area contributed by atoms with Crippen LogP contribution in [0.1, 0.15) is 25.2 Å². The molecule has 1 atom stereocenters. The standard InChI is InChI=1S/C16H15F3N4O2/c1-9(2)15(24,14-8-20-23-22-14)13-6-3-10-7-11(25-16(17,18)19)4-5-12(10)21-13/h3-9,24H,1-2H3,(H,20,22,23). The van der Waals surface area contributed by atoms with Gasteiger partial charge in [-0.3, -0.25) is 5.10 Å². The number of ether oxygens (including phenoxy) is 1. The van der Waals surface area contributed by atoms with Gasteiger partial charge in [0, 0.05) is 11.6 Å². The Labute approximate surface area is 140 Å². The van der Waals surface area contributed by atoms with Crippen LogP contribution in [0.15, 0.2) is 36.5 Å². The van der Waals surface area contributed by atoms with Crippen LogP contribution in [0, 0.1) is 5.92 Å². The van der Waals surface area contributed by atoms with Gasteiger partial charge >= 0.3 is 6.36 Å². The first-order chi connectivity index (χ1) is 11.7. The van der Waals surface area contributed by atoms with Crippen LogP contribution in [0.25, 0.3) is 10.9 Å². The Kier molecular flexibility index (Phi) is 4.11. The van der Waals surface area contributed by atoms with Crippen LogP contribution in [-0.4, -0.2) is 31.9 Å². The molecular formula is C16H15F3N4O2. The van der Waals surface area contributed by atoms with Crippen molar-refractivity contribution in [3.05, 3.63) is 47.9 Å². The average molecular weight is 352 g/mol. The molecule has 0 radical (unpaired) electrons. The first-order valence-corrected chi connectivity index (χ1v) is 7.46. The fraction of sp³-hybridized carbons (Fsp3) is 0.312. The van der Waals surface area contributed by atoms with Crippen molar-refractivity contribution in [3.63, 3.8) is 0 Å². The van der Waals surface area contributed by atoms with Crippen molar-refractivity contribution >= 4 is 10.9 Å². The second-order valence-corrected chi connectivity index (χ2v) is 5.88. The summed E-state index contributed by atoms with van der Waals surface area (Å²) < 4.78 is 40.9. The van der Waals surface area contributed by atoms with Crippen LogP contribution in [0.2, 0.25) is 0 Å². The monoisotopic (exact) mass is 352 g/mol. The lowest BCUT2D eigenvalue weighted by molar-refractivity contribution is -0.274. The number of halogens is 3. The van der Waals surface area contributed by atoms with Crippen LogP contribution in [0.5, 0.6) is 5.75 Å². The summed E-state index contributed by atoms with van der Waals surface area (Å²) in [5, 5.41) is 21.6. The normalized spacial score (nSPS) is 14.7. The predicted octanol–water partition coefficient (Wildman–Crippen LogP) is 3.14. The van der Waals surface area contributed by atoms with Gasteiger partial charge in [-0.25, -0.2) is 4.98 Å². The molecule has 0 bridgehead atoms. The molecular weight excluding hydrogens is 337 g/mol. The Morgan fingerprint density at radius 3 is 2.48 bits per heavy atom. The summed E-state index contributed by atoms with van der Waals surface area (Å²) in [6, 6.07) is 6.95. The molecule has 2 N–H and O–H groups in total. The van der Waals surface area contributed by atoms with Crippen molar-refractivity contribution in [1.29, 1.82) is 0 Å². The number of benzene rings is 1. The van der Waals surface area contributed by atoms with Crippen LogP contribution >= 0.6 is 0 Å². The molecule has 0 saturated heterocycles. The van der Waals surface area contributed by atoms with E-state index in [0.717, 1.165) is 0 Å². The van der Waals surface area contributed by atoms with Crippen LogP contribution in [-0.2, 0) is 5.60 Å². The molecule has 0 aliphatic carbocycles.